The molecule has 2 amide bonds. The molecule has 2 fully saturated rings. The van der Waals surface area contributed by atoms with Gasteiger partial charge in [0, 0.05) is 65.4 Å². The number of carbonyl (C=O) groups is 3. The molecule has 4 rings (SSSR count). The van der Waals surface area contributed by atoms with E-state index in [-0.39, 0.29) is 42.7 Å². The molecule has 0 saturated carbocycles. The van der Waals surface area contributed by atoms with Crippen LogP contribution in [-0.2, 0) is 74.9 Å². The van der Waals surface area contributed by atoms with Crippen LogP contribution < -0.4 is 15.7 Å². The third-order valence-corrected chi connectivity index (χ3v) is 27.4. The summed E-state index contributed by atoms with van der Waals surface area (Å²) in [7, 11) is -19.5. The minimum atomic E-state index is -5.84. The molecule has 2 saturated heterocycles. The molecule has 2 aromatic carbocycles. The van der Waals surface area contributed by atoms with Gasteiger partial charge in [-0.1, -0.05) is 146 Å². The van der Waals surface area contributed by atoms with E-state index in [0.717, 1.165) is 14.0 Å². The maximum atomic E-state index is 13.2. The van der Waals surface area contributed by atoms with Crippen LogP contribution in [0.25, 0.3) is 20.9 Å². The second kappa shape index (κ2) is 39.0. The largest absolute Gasteiger partial charge is 0.522 e. The fourth-order valence-corrected chi connectivity index (χ4v) is 16.3. The smallest absolute Gasteiger partial charge is 0.438 e. The van der Waals surface area contributed by atoms with Gasteiger partial charge < -0.3 is 24.3 Å². The minimum Gasteiger partial charge on any atom is -0.438 e. The number of amides is 2. The average Bonchev–Trinajstić information content (AvgIpc) is 1.18. The van der Waals surface area contributed by atoms with Crippen molar-refractivity contribution in [3.8, 4) is 0 Å². The van der Waals surface area contributed by atoms with Gasteiger partial charge in [0.15, 0.2) is 17.0 Å². The van der Waals surface area contributed by atoms with Crippen molar-refractivity contribution in [2.24, 2.45) is 10.2 Å². The molecule has 0 aliphatic carbocycles. The van der Waals surface area contributed by atoms with Crippen molar-refractivity contribution >= 4 is 97.7 Å². The first-order chi connectivity index (χ1) is 42.0. The van der Waals surface area contributed by atoms with E-state index in [9.17, 15) is 59.0 Å². The topological polar surface area (TPSA) is 378 Å². The summed E-state index contributed by atoms with van der Waals surface area (Å²) >= 11 is 2.07. The number of hydrogen-bond donors (Lipinski definition) is 5. The van der Waals surface area contributed by atoms with Gasteiger partial charge in [-0.25, -0.2) is 9.59 Å². The van der Waals surface area contributed by atoms with Gasteiger partial charge in [-0.3, -0.25) is 28.3 Å². The molecule has 2 aromatic rings. The Labute approximate surface area is 577 Å². The molecule has 0 bridgehead atoms. The summed E-state index contributed by atoms with van der Waals surface area (Å²) in [5.74, 6) is -0.141. The Morgan fingerprint density at radius 2 is 1.02 bits per heavy atom. The number of halogens is 10. The van der Waals surface area contributed by atoms with Gasteiger partial charge in [0.25, 0.3) is 8.32 Å². The summed E-state index contributed by atoms with van der Waals surface area (Å²) in [5.41, 5.74) is -2.00. The first kappa shape index (κ1) is 94.2. The van der Waals surface area contributed by atoms with Crippen LogP contribution in [0.5, 0.6) is 0 Å². The number of aliphatic hydroxyl groups excluding tert-OH is 1. The summed E-state index contributed by atoms with van der Waals surface area (Å²) in [6.07, 6.45) is 2.66. The van der Waals surface area contributed by atoms with E-state index in [1.807, 2.05) is 64.2 Å². The third-order valence-electron chi connectivity index (χ3n) is 14.7. The monoisotopic (exact) mass is 1600 g/mol. The van der Waals surface area contributed by atoms with Gasteiger partial charge in [0.1, 0.15) is 12.1 Å². The molecule has 0 aromatic heterocycles. The summed E-state index contributed by atoms with van der Waals surface area (Å²) < 4.78 is 192. The number of benzene rings is 2. The predicted molar refractivity (Wildman–Crippen MR) is 344 cm³/mol. The number of alkyl halides is 9. The zero-order chi connectivity index (χ0) is 73.4. The molecule has 94 heavy (non-hydrogen) atoms. The van der Waals surface area contributed by atoms with Crippen LogP contribution in [0.1, 0.15) is 115 Å². The van der Waals surface area contributed by atoms with Crippen LogP contribution in [0.2, 0.25) is 23.2 Å². The first-order valence-corrected chi connectivity index (χ1v) is 38.6. The molecular weight excluding hydrogens is 1510 g/mol. The predicted octanol–water partition coefficient (Wildman–Crippen LogP) is 12.4. The number of carbonyl (C=O) groups excluding carboxylic acids is 3. The second-order valence-corrected chi connectivity index (χ2v) is 39.2. The number of ether oxygens (including phenoxy) is 2. The number of cyclic esters (lactones) is 2. The number of ketones is 1. The fraction of sp³-hybridized carbons (Fsp3) is 0.679. The number of rotatable bonds is 22. The van der Waals surface area contributed by atoms with Gasteiger partial charge >= 0.3 is 59.1 Å². The van der Waals surface area contributed by atoms with Gasteiger partial charge in [-0.05, 0) is 127 Å². The van der Waals surface area contributed by atoms with E-state index in [4.69, 9.17) is 63.9 Å². The molecule has 2 aliphatic rings. The molecule has 537 valence electrons. The Morgan fingerprint density at radius 1 is 0.691 bits per heavy atom. The van der Waals surface area contributed by atoms with Crippen molar-refractivity contribution in [3.05, 3.63) is 91.7 Å². The van der Waals surface area contributed by atoms with Crippen LogP contribution in [-0.4, -0.2) is 180 Å². The van der Waals surface area contributed by atoms with Crippen LogP contribution in [0.15, 0.2) is 81.1 Å². The summed E-state index contributed by atoms with van der Waals surface area (Å²) in [6, 6.07) is 19.5. The zero-order valence-corrected chi connectivity index (χ0v) is 62.8. The standard InChI is InChI=1S/C29H40N4O4Si.C13H21IN4O3.C8H21NSi.3CHF3O3S.Sc/c1-7-25(29(6)26(22(2)34)33(27(35)36-29)21-15-14-20-31-32-30)37-38(28(3,4)5,23-16-10-8-11-17-23)24-18-12-9-13-19-24;1-4-10(19)13(3)11(9(2)14)18(12(20)21-13)8-6-5-7-16-17-15;1-8(2,3)10(5,6)7-9-4;3*2-1(3,4)8(5,6)7;/h8-13,16-19,25-26H,7,14-15,20-21H2,1-6H3;10-11,19H,2,4-8H2,1,3H3;9H,7H2,1-6H3;3*(H,5,6,7);/t25-,26-,29-;10-,11-,13-;;;;;/m11...../s1. The van der Waals surface area contributed by atoms with Crippen LogP contribution in [0.4, 0.5) is 49.1 Å². The van der Waals surface area contributed by atoms with Crippen LogP contribution in [0, 0.1) is 0 Å². The van der Waals surface area contributed by atoms with E-state index in [2.05, 4.69) is 133 Å². The van der Waals surface area contributed by atoms with Crippen molar-refractivity contribution in [1.29, 1.82) is 0 Å². The number of nitrogens with zero attached hydrogens (tertiary/aromatic N) is 8. The molecule has 2 heterocycles. The molecule has 0 spiro atoms. The Morgan fingerprint density at radius 3 is 1.27 bits per heavy atom. The van der Waals surface area contributed by atoms with Gasteiger partial charge in [0.05, 0.1) is 20.3 Å². The summed E-state index contributed by atoms with van der Waals surface area (Å²) in [6.45, 7) is 33.0. The van der Waals surface area contributed by atoms with Gasteiger partial charge in [-0.2, -0.15) is 64.8 Å². The van der Waals surface area contributed by atoms with Crippen LogP contribution >= 0.6 is 22.6 Å². The van der Waals surface area contributed by atoms with Crippen molar-refractivity contribution in [2.75, 3.05) is 39.4 Å². The molecule has 5 N–H and O–H groups in total. The third kappa shape index (κ3) is 28.1. The van der Waals surface area contributed by atoms with E-state index < -0.39 is 105 Å². The Balaban J connectivity index is -0.00000123. The Kier molecular flexibility index (Phi) is 39.1. The second-order valence-electron chi connectivity index (χ2n) is 23.7. The Bertz CT molecular complexity index is 3050. The number of nitrogens with one attached hydrogen (secondary N) is 1. The molecule has 6 atom stereocenters. The number of hydrogen-bond acceptors (Lipinski definition) is 16. The number of aliphatic hydroxyl groups is 1. The van der Waals surface area contributed by atoms with E-state index in [0.29, 0.717) is 69.7 Å². The first-order valence-electron chi connectivity index (χ1n) is 28.1. The zero-order valence-electron chi connectivity index (χ0n) is 54.4. The van der Waals surface area contributed by atoms with E-state index in [1.54, 1.807) is 11.8 Å². The molecule has 2 aliphatic heterocycles. The molecule has 1 radical (unpaired) electrons. The minimum absolute atomic E-state index is 0. The molecule has 0 unspecified atom stereocenters. The normalized spacial score (nSPS) is 19.2. The van der Waals surface area contributed by atoms with Crippen molar-refractivity contribution in [2.45, 2.75) is 190 Å². The number of azide groups is 2. The van der Waals surface area contributed by atoms with Crippen molar-refractivity contribution in [1.82, 2.24) is 15.1 Å². The van der Waals surface area contributed by atoms with Crippen molar-refractivity contribution < 1.29 is 138 Å². The summed E-state index contributed by atoms with van der Waals surface area (Å²) in [5, 5.41) is 23.0. The van der Waals surface area contributed by atoms with Gasteiger partial charge in [0.2, 0.25) is 0 Å². The fourth-order valence-electron chi connectivity index (χ4n) is 9.11. The number of Topliss-reactive ketones (excluding diaryl/α,β-unsaturated/α-hetero) is 1. The maximum Gasteiger partial charge on any atom is 0.522 e. The quantitative estimate of drug-likeness (QED) is 0.00841. The number of unbranched alkanes of at least 4 members (excludes halogenated alkanes) is 2. The van der Waals surface area contributed by atoms with E-state index >= 15 is 0 Å². The maximum absolute atomic E-state index is 13.2. The van der Waals surface area contributed by atoms with Crippen molar-refractivity contribution in [3.63, 3.8) is 0 Å². The van der Waals surface area contributed by atoms with Gasteiger partial charge in [-0.15, -0.1) is 0 Å². The molecular formula is C53H85F9IN9O16S3ScSi2. The molecule has 25 nitrogen and oxygen atoms in total. The Hall–Kier alpha value is -3.98. The molecule has 41 heteroatoms. The summed E-state index contributed by atoms with van der Waals surface area (Å²) in [4.78, 5) is 47.0. The average molecular weight is 1600 g/mol. The van der Waals surface area contributed by atoms with Crippen LogP contribution in [0.3, 0.4) is 0 Å². The SMILES string of the molecule is C=C(I)[C@H]1N(CCCCN=[N+]=[N-])C(=O)O[C@]1(C)[C@H](O)CC.CC[C@@H](O[Si](c1ccccc1)(c1ccccc1)C(C)(C)C)[C@@]1(C)OC(=O)N(CCCCN=[N+]=[N-])[C@@H]1C(C)=O.CNC[Si](C)(C)C(C)(C)C.O=S(=O)(O)C(F)(F)F.O=S(=O)(O)C(F)(F)F.O=S(=O)(O)C(F)(F)F.[Sc]. The van der Waals surface area contributed by atoms with E-state index in [1.165, 1.54) is 18.0 Å².